The number of halogens is 1. The van der Waals surface area contributed by atoms with Crippen LogP contribution in [-0.2, 0) is 21.7 Å². The largest absolute Gasteiger partial charge is 0.467 e. The summed E-state index contributed by atoms with van der Waals surface area (Å²) in [5.41, 5.74) is -0.568. The number of rotatable bonds is 5. The van der Waals surface area contributed by atoms with Gasteiger partial charge in [0.05, 0.1) is 12.8 Å². The molecule has 3 rings (SSSR count). The van der Waals surface area contributed by atoms with E-state index in [2.05, 4.69) is 26.6 Å². The number of benzene rings is 1. The number of carbonyl (C=O) groups excluding carboxylic acids is 3. The van der Waals surface area contributed by atoms with Crippen LogP contribution in [0.25, 0.3) is 0 Å². The highest BCUT2D eigenvalue weighted by atomic mass is 79.9. The van der Waals surface area contributed by atoms with E-state index in [0.29, 0.717) is 11.3 Å². The van der Waals surface area contributed by atoms with Gasteiger partial charge in [0, 0.05) is 4.47 Å². The van der Waals surface area contributed by atoms with Crippen LogP contribution in [0.3, 0.4) is 0 Å². The Morgan fingerprint density at radius 2 is 2.12 bits per heavy atom. The van der Waals surface area contributed by atoms with Crippen LogP contribution in [0.2, 0.25) is 0 Å². The first kappa shape index (κ1) is 17.2. The average molecular weight is 406 g/mol. The third-order valence-electron chi connectivity index (χ3n) is 4.02. The molecule has 25 heavy (non-hydrogen) atoms. The van der Waals surface area contributed by atoms with E-state index in [-0.39, 0.29) is 13.1 Å². The standard InChI is InChI=1S/C17H16BrN3O4/c1-17(11-4-2-5-12(18)8-11)15(23)21(16(24)20-17)10-14(22)19-9-13-6-3-7-25-13/h2-8H,9-10H2,1H3,(H,19,22)(H,20,24)/t17-/m0/s1. The van der Waals surface area contributed by atoms with Crippen molar-refractivity contribution < 1.29 is 18.8 Å². The highest BCUT2D eigenvalue weighted by Gasteiger charge is 2.49. The molecule has 4 amide bonds. The van der Waals surface area contributed by atoms with E-state index in [1.165, 1.54) is 6.26 Å². The molecule has 1 fully saturated rings. The van der Waals surface area contributed by atoms with Crippen LogP contribution in [-0.4, -0.2) is 29.3 Å². The quantitative estimate of drug-likeness (QED) is 0.745. The van der Waals surface area contributed by atoms with Crippen LogP contribution < -0.4 is 10.6 Å². The number of hydrogen-bond acceptors (Lipinski definition) is 4. The molecule has 1 aromatic heterocycles. The highest BCUT2D eigenvalue weighted by molar-refractivity contribution is 9.10. The first-order valence-corrected chi connectivity index (χ1v) is 8.38. The lowest BCUT2D eigenvalue weighted by Crippen LogP contribution is -2.43. The Bertz CT molecular complexity index is 821. The summed E-state index contributed by atoms with van der Waals surface area (Å²) < 4.78 is 5.91. The second-order valence-electron chi connectivity index (χ2n) is 5.81. The Balaban J connectivity index is 1.69. The molecule has 8 heteroatoms. The summed E-state index contributed by atoms with van der Waals surface area (Å²) in [5.74, 6) is -0.327. The molecule has 1 aromatic carbocycles. The summed E-state index contributed by atoms with van der Waals surface area (Å²) in [7, 11) is 0. The summed E-state index contributed by atoms with van der Waals surface area (Å²) >= 11 is 3.35. The van der Waals surface area contributed by atoms with Crippen molar-refractivity contribution in [2.24, 2.45) is 0 Å². The van der Waals surface area contributed by atoms with Gasteiger partial charge in [-0.25, -0.2) is 4.79 Å². The smallest absolute Gasteiger partial charge is 0.325 e. The molecule has 1 atom stereocenters. The van der Waals surface area contributed by atoms with Crippen LogP contribution in [0, 0.1) is 0 Å². The second-order valence-corrected chi connectivity index (χ2v) is 6.73. The Hall–Kier alpha value is -2.61. The van der Waals surface area contributed by atoms with E-state index in [0.717, 1.165) is 9.37 Å². The molecule has 0 bridgehead atoms. The SMILES string of the molecule is C[C@@]1(c2cccc(Br)c2)NC(=O)N(CC(=O)NCc2ccco2)C1=O. The second kappa shape index (κ2) is 6.72. The predicted octanol–water partition coefficient (Wildman–Crippen LogP) is 2.13. The molecule has 130 valence electrons. The van der Waals surface area contributed by atoms with Gasteiger partial charge in [0.15, 0.2) is 0 Å². The molecule has 0 saturated carbocycles. The summed E-state index contributed by atoms with van der Waals surface area (Å²) in [5, 5.41) is 5.28. The number of hydrogen-bond donors (Lipinski definition) is 2. The molecule has 2 N–H and O–H groups in total. The van der Waals surface area contributed by atoms with Crippen molar-refractivity contribution >= 4 is 33.8 Å². The van der Waals surface area contributed by atoms with Gasteiger partial charge in [0.2, 0.25) is 5.91 Å². The maximum Gasteiger partial charge on any atom is 0.325 e. The average Bonchev–Trinajstić information content (AvgIpc) is 3.16. The molecule has 0 aliphatic carbocycles. The zero-order valence-corrected chi connectivity index (χ0v) is 15.0. The third kappa shape index (κ3) is 3.43. The zero-order chi connectivity index (χ0) is 18.0. The molecular weight excluding hydrogens is 390 g/mol. The van der Waals surface area contributed by atoms with Crippen molar-refractivity contribution in [2.75, 3.05) is 6.54 Å². The van der Waals surface area contributed by atoms with E-state index in [4.69, 9.17) is 4.42 Å². The van der Waals surface area contributed by atoms with Crippen molar-refractivity contribution in [1.29, 1.82) is 0 Å². The van der Waals surface area contributed by atoms with Gasteiger partial charge in [-0.2, -0.15) is 0 Å². The fourth-order valence-corrected chi connectivity index (χ4v) is 3.03. The highest BCUT2D eigenvalue weighted by Crippen LogP contribution is 2.30. The maximum absolute atomic E-state index is 12.7. The Morgan fingerprint density at radius 3 is 2.80 bits per heavy atom. The molecule has 0 radical (unpaired) electrons. The van der Waals surface area contributed by atoms with Crippen molar-refractivity contribution in [1.82, 2.24) is 15.5 Å². The van der Waals surface area contributed by atoms with Crippen LogP contribution >= 0.6 is 15.9 Å². The van der Waals surface area contributed by atoms with Gasteiger partial charge in [0.25, 0.3) is 5.91 Å². The number of imide groups is 1. The summed E-state index contributed by atoms with van der Waals surface area (Å²) in [6, 6.07) is 9.96. The summed E-state index contributed by atoms with van der Waals surface area (Å²) in [6.45, 7) is 1.46. The minimum absolute atomic E-state index is 0.193. The molecule has 0 spiro atoms. The van der Waals surface area contributed by atoms with Crippen molar-refractivity contribution in [3.63, 3.8) is 0 Å². The molecule has 2 aromatic rings. The molecule has 0 unspecified atom stereocenters. The lowest BCUT2D eigenvalue weighted by atomic mass is 9.92. The molecule has 1 saturated heterocycles. The lowest BCUT2D eigenvalue weighted by molar-refractivity contribution is -0.134. The van der Waals surface area contributed by atoms with Crippen LogP contribution in [0.4, 0.5) is 4.79 Å². The molecule has 2 heterocycles. The minimum Gasteiger partial charge on any atom is -0.467 e. The van der Waals surface area contributed by atoms with E-state index < -0.39 is 23.4 Å². The number of nitrogens with zero attached hydrogens (tertiary/aromatic N) is 1. The van der Waals surface area contributed by atoms with E-state index in [9.17, 15) is 14.4 Å². The van der Waals surface area contributed by atoms with Crippen LogP contribution in [0.15, 0.2) is 51.6 Å². The Kier molecular flexibility index (Phi) is 4.63. The third-order valence-corrected chi connectivity index (χ3v) is 4.51. The maximum atomic E-state index is 12.7. The van der Waals surface area contributed by atoms with Gasteiger partial charge in [-0.3, -0.25) is 14.5 Å². The topological polar surface area (TPSA) is 91.7 Å². The first-order valence-electron chi connectivity index (χ1n) is 7.59. The zero-order valence-electron chi connectivity index (χ0n) is 13.4. The fourth-order valence-electron chi connectivity index (χ4n) is 2.63. The number of urea groups is 1. The lowest BCUT2D eigenvalue weighted by Gasteiger charge is -2.22. The van der Waals surface area contributed by atoms with Gasteiger partial charge in [0.1, 0.15) is 17.8 Å². The molecule has 1 aliphatic rings. The van der Waals surface area contributed by atoms with Gasteiger partial charge in [-0.1, -0.05) is 28.1 Å². The monoisotopic (exact) mass is 405 g/mol. The minimum atomic E-state index is -1.21. The van der Waals surface area contributed by atoms with Crippen LogP contribution in [0.1, 0.15) is 18.2 Å². The predicted molar refractivity (Wildman–Crippen MR) is 92.3 cm³/mol. The van der Waals surface area contributed by atoms with Crippen molar-refractivity contribution in [3.05, 3.63) is 58.5 Å². The van der Waals surface area contributed by atoms with Crippen molar-refractivity contribution in [2.45, 2.75) is 19.0 Å². The van der Waals surface area contributed by atoms with Crippen molar-refractivity contribution in [3.8, 4) is 0 Å². The Labute approximate surface area is 152 Å². The first-order chi connectivity index (χ1) is 11.9. The molecular formula is C17H16BrN3O4. The van der Waals surface area contributed by atoms with Gasteiger partial charge >= 0.3 is 6.03 Å². The number of amides is 4. The number of carbonyl (C=O) groups is 3. The van der Waals surface area contributed by atoms with E-state index in [1.807, 2.05) is 6.07 Å². The van der Waals surface area contributed by atoms with Crippen LogP contribution in [0.5, 0.6) is 0 Å². The van der Waals surface area contributed by atoms with E-state index >= 15 is 0 Å². The summed E-state index contributed by atoms with van der Waals surface area (Å²) in [6.07, 6.45) is 1.50. The van der Waals surface area contributed by atoms with Gasteiger partial charge in [-0.05, 0) is 36.8 Å². The number of furan rings is 1. The van der Waals surface area contributed by atoms with E-state index in [1.54, 1.807) is 37.3 Å². The number of nitrogens with one attached hydrogen (secondary N) is 2. The fraction of sp³-hybridized carbons (Fsp3) is 0.235. The molecule has 1 aliphatic heterocycles. The normalized spacial score (nSPS) is 19.8. The summed E-state index contributed by atoms with van der Waals surface area (Å²) in [4.78, 5) is 37.9. The molecule has 7 nitrogen and oxygen atoms in total. The Morgan fingerprint density at radius 1 is 1.32 bits per heavy atom. The van der Waals surface area contributed by atoms with Gasteiger partial charge in [-0.15, -0.1) is 0 Å². The van der Waals surface area contributed by atoms with Gasteiger partial charge < -0.3 is 15.1 Å².